The monoisotopic (exact) mass is 1150 g/mol. The highest BCUT2D eigenvalue weighted by molar-refractivity contribution is 8.76. The van der Waals surface area contributed by atoms with Crippen LogP contribution in [0.15, 0.2) is 54.6 Å². The van der Waals surface area contributed by atoms with Gasteiger partial charge in [0.2, 0.25) is 65.0 Å². The number of carbonyl (C=O) groups is 13. The lowest BCUT2D eigenvalue weighted by molar-refractivity contribution is -0.142. The molecule has 0 unspecified atom stereocenters. The molecule has 0 spiro atoms. The highest BCUT2D eigenvalue weighted by atomic mass is 33.1. The summed E-state index contributed by atoms with van der Waals surface area (Å²) in [6, 6.07) is 2.97. The number of rotatable bonds is 17. The summed E-state index contributed by atoms with van der Waals surface area (Å²) in [4.78, 5) is 166. The van der Waals surface area contributed by atoms with E-state index in [0.717, 1.165) is 35.4 Å². The van der Waals surface area contributed by atoms with Gasteiger partial charge >= 0.3 is 0 Å². The van der Waals surface area contributed by atoms with E-state index in [-0.39, 0.29) is 56.0 Å². The topological polar surface area (TPSA) is 500 Å². The van der Waals surface area contributed by atoms with Crippen LogP contribution in [0.3, 0.4) is 0 Å². The number of hydrogen-bond donors (Lipinski definition) is 15. The molecule has 0 aliphatic carbocycles. The lowest BCUT2D eigenvalue weighted by Gasteiger charge is -2.31. The molecular weight excluding hydrogens is 1080 g/mol. The van der Waals surface area contributed by atoms with Crippen LogP contribution >= 0.6 is 21.6 Å². The SMILES string of the molecule is CC(=O)O.CC(=O)O.NCC[C@@H](NC(=O)[C@@H]1CCCN1C(=O)[C@@H]1CSSC[C@H](N)C(=O)N[C@@H](Cc2ccc(O)cc2)C(=O)N[C@@H](Cc2ccccc2)C(=O)N[C@@H](CCC(N)=O)C(=O)N[C@@H](CC(N)=O)C(=O)N1)C(=O)NCC(N)=O. The van der Waals surface area contributed by atoms with Crippen LogP contribution in [0.4, 0.5) is 0 Å². The molecule has 2 aromatic rings. The van der Waals surface area contributed by atoms with Gasteiger partial charge in [0.15, 0.2) is 0 Å². The maximum Gasteiger partial charge on any atom is 0.300 e. The molecule has 2 aliphatic heterocycles. The summed E-state index contributed by atoms with van der Waals surface area (Å²) >= 11 is 0. The molecule has 11 amide bonds. The molecule has 434 valence electrons. The van der Waals surface area contributed by atoms with Crippen molar-refractivity contribution >= 4 is 98.5 Å². The van der Waals surface area contributed by atoms with Gasteiger partial charge in [-0.3, -0.25) is 62.3 Å². The first-order valence-electron chi connectivity index (χ1n) is 24.4. The van der Waals surface area contributed by atoms with Crippen LogP contribution in [0, 0.1) is 0 Å². The zero-order valence-corrected chi connectivity index (χ0v) is 44.9. The molecule has 0 aromatic heterocycles. The van der Waals surface area contributed by atoms with Gasteiger partial charge in [-0.25, -0.2) is 0 Å². The van der Waals surface area contributed by atoms with Gasteiger partial charge in [-0.2, -0.15) is 0 Å². The third-order valence-corrected chi connectivity index (χ3v) is 13.6. The van der Waals surface area contributed by atoms with Crippen LogP contribution in [0.25, 0.3) is 0 Å². The van der Waals surface area contributed by atoms with Crippen LogP contribution in [0.1, 0.15) is 63.5 Å². The Balaban J connectivity index is 0.00000249. The third kappa shape index (κ3) is 25.8. The number of primary amides is 3. The highest BCUT2D eigenvalue weighted by Crippen LogP contribution is 2.26. The number of hydrogen-bond acceptors (Lipinski definition) is 18. The third-order valence-electron chi connectivity index (χ3n) is 11.2. The molecule has 0 bridgehead atoms. The second-order valence-corrected chi connectivity index (χ2v) is 20.3. The molecule has 4 rings (SSSR count). The first-order chi connectivity index (χ1) is 37.2. The number of benzene rings is 2. The number of carboxylic acid groups (broad SMARTS) is 2. The predicted octanol–water partition coefficient (Wildman–Crippen LogP) is -4.93. The highest BCUT2D eigenvalue weighted by Gasteiger charge is 2.40. The zero-order chi connectivity index (χ0) is 59.4. The molecule has 2 saturated heterocycles. The zero-order valence-electron chi connectivity index (χ0n) is 43.3. The van der Waals surface area contributed by atoms with Gasteiger partial charge in [0, 0.05) is 51.2 Å². The van der Waals surface area contributed by atoms with E-state index < -0.39 is 151 Å². The van der Waals surface area contributed by atoms with Gasteiger partial charge in [0.1, 0.15) is 48.0 Å². The van der Waals surface area contributed by atoms with E-state index in [1.807, 2.05) is 0 Å². The molecule has 20 N–H and O–H groups in total. The molecule has 2 fully saturated rings. The maximum atomic E-state index is 14.5. The second-order valence-electron chi connectivity index (χ2n) is 17.8. The fraction of sp³-hybridized carbons (Fsp3) is 0.479. The standard InChI is InChI=1S/C44H61N13O12S2.2C2H4O2/c45-15-14-28(38(63)50-20-36(49)61)52-43(68)33-7-4-16-57(33)44(69)32-22-71-70-21-26(46)37(62)53-29(18-24-8-10-25(58)11-9-24)41(66)54-30(17-23-5-2-1-3-6-23)40(65)51-27(12-13-34(47)59)39(64)55-31(19-35(48)60)42(67)56-32;2*1-2(3)4/h1-3,5-6,8-11,26-33,58H,4,7,12-22,45-46H2,(H2,47,59)(H2,48,60)(H2,49,61)(H,50,63)(H,51,65)(H,52,68)(H,53,62)(H,54,66)(H,55,64)(H,56,67);2*1H3,(H,3,4)/t26-,27-,28+,29-,30-,31-,32-,33-;;/m0../s1. The number of nitrogens with two attached hydrogens (primary N) is 5. The normalized spacial score (nSPS) is 21.6. The molecular formula is C48H69N13O16S2. The van der Waals surface area contributed by atoms with Crippen molar-refractivity contribution in [2.75, 3.05) is 31.1 Å². The number of phenolic OH excluding ortho intramolecular Hbond substituents is 1. The summed E-state index contributed by atoms with van der Waals surface area (Å²) in [5.41, 5.74) is 29.2. The summed E-state index contributed by atoms with van der Waals surface area (Å²) in [5.74, 6) is -11.8. The summed E-state index contributed by atoms with van der Waals surface area (Å²) in [7, 11) is 2.01. The molecule has 79 heavy (non-hydrogen) atoms. The molecule has 2 heterocycles. The number of nitrogens with one attached hydrogen (secondary N) is 7. The van der Waals surface area contributed by atoms with Gasteiger partial charge in [-0.1, -0.05) is 64.1 Å². The van der Waals surface area contributed by atoms with Crippen molar-refractivity contribution < 1.29 is 77.6 Å². The van der Waals surface area contributed by atoms with E-state index in [4.69, 9.17) is 48.5 Å². The van der Waals surface area contributed by atoms with Gasteiger partial charge in [-0.15, -0.1) is 0 Å². The Morgan fingerprint density at radius 1 is 0.684 bits per heavy atom. The Bertz CT molecular complexity index is 2460. The number of likely N-dealkylation sites (tertiary alicyclic amines) is 1. The van der Waals surface area contributed by atoms with E-state index >= 15 is 0 Å². The molecule has 2 aliphatic rings. The largest absolute Gasteiger partial charge is 0.508 e. The van der Waals surface area contributed by atoms with Gasteiger partial charge in [0.25, 0.3) is 11.9 Å². The molecule has 0 radical (unpaired) electrons. The fourth-order valence-electron chi connectivity index (χ4n) is 7.46. The lowest BCUT2D eigenvalue weighted by atomic mass is 10.0. The fourth-order valence-corrected chi connectivity index (χ4v) is 9.74. The average Bonchev–Trinajstić information content (AvgIpc) is 3.89. The average molecular weight is 1150 g/mol. The van der Waals surface area contributed by atoms with Crippen molar-refractivity contribution in [2.24, 2.45) is 28.7 Å². The van der Waals surface area contributed by atoms with Crippen molar-refractivity contribution in [2.45, 2.75) is 114 Å². The number of aliphatic carboxylic acids is 2. The van der Waals surface area contributed by atoms with Crippen LogP contribution < -0.4 is 65.9 Å². The lowest BCUT2D eigenvalue weighted by Crippen LogP contribution is -2.61. The van der Waals surface area contributed by atoms with Crippen LogP contribution in [-0.4, -0.2) is 177 Å². The number of carbonyl (C=O) groups excluding carboxylic acids is 11. The van der Waals surface area contributed by atoms with Crippen LogP contribution in [-0.2, 0) is 75.2 Å². The second kappa shape index (κ2) is 34.7. The van der Waals surface area contributed by atoms with Crippen molar-refractivity contribution in [1.82, 2.24) is 42.1 Å². The van der Waals surface area contributed by atoms with E-state index in [1.54, 1.807) is 30.3 Å². The van der Waals surface area contributed by atoms with Gasteiger partial charge in [0.05, 0.1) is 19.0 Å². The smallest absolute Gasteiger partial charge is 0.300 e. The number of nitrogens with zero attached hydrogens (tertiary/aromatic N) is 1. The van der Waals surface area contributed by atoms with Gasteiger partial charge < -0.3 is 86.1 Å². The molecule has 2 aromatic carbocycles. The van der Waals surface area contributed by atoms with Crippen molar-refractivity contribution in [3.05, 3.63) is 65.7 Å². The van der Waals surface area contributed by atoms with E-state index in [0.29, 0.717) is 17.5 Å². The Labute approximate surface area is 461 Å². The maximum absolute atomic E-state index is 14.5. The molecule has 31 heteroatoms. The van der Waals surface area contributed by atoms with Gasteiger partial charge in [-0.05, 0) is 55.5 Å². The predicted molar refractivity (Wildman–Crippen MR) is 286 cm³/mol. The minimum Gasteiger partial charge on any atom is -0.508 e. The Morgan fingerprint density at radius 2 is 1.19 bits per heavy atom. The summed E-state index contributed by atoms with van der Waals surface area (Å²) in [6.45, 7) is 1.64. The Morgan fingerprint density at radius 3 is 1.73 bits per heavy atom. The minimum absolute atomic E-state index is 0.0222. The number of aromatic hydroxyl groups is 1. The summed E-state index contributed by atoms with van der Waals surface area (Å²) in [5, 5.41) is 42.3. The van der Waals surface area contributed by atoms with Crippen LogP contribution in [0.2, 0.25) is 0 Å². The summed E-state index contributed by atoms with van der Waals surface area (Å²) < 4.78 is 0. The molecule has 0 saturated carbocycles. The first kappa shape index (κ1) is 67.1. The first-order valence-corrected chi connectivity index (χ1v) is 26.9. The van der Waals surface area contributed by atoms with Crippen LogP contribution in [0.5, 0.6) is 5.75 Å². The van der Waals surface area contributed by atoms with Crippen molar-refractivity contribution in [3.63, 3.8) is 0 Å². The number of carboxylic acids is 2. The van der Waals surface area contributed by atoms with E-state index in [9.17, 15) is 57.8 Å². The molecule has 29 nitrogen and oxygen atoms in total. The Kier molecular flexibility index (Phi) is 29.4. The number of phenols is 1. The quantitative estimate of drug-likeness (QED) is 0.0660. The minimum atomic E-state index is -1.78. The Hall–Kier alpha value is -8.03. The number of amides is 11. The van der Waals surface area contributed by atoms with Crippen molar-refractivity contribution in [3.8, 4) is 5.75 Å². The summed E-state index contributed by atoms with van der Waals surface area (Å²) in [6.07, 6.45) is -1.54. The van der Waals surface area contributed by atoms with E-state index in [2.05, 4.69) is 37.2 Å². The molecule has 8 atom stereocenters. The van der Waals surface area contributed by atoms with Crippen molar-refractivity contribution in [1.29, 1.82) is 0 Å². The van der Waals surface area contributed by atoms with E-state index in [1.165, 1.54) is 29.2 Å².